The second kappa shape index (κ2) is 5.41. The first-order valence-corrected chi connectivity index (χ1v) is 3.14. The average molecular weight is 154 g/mol. The Morgan fingerprint density at radius 3 is 2.73 bits per heavy atom. The van der Waals surface area contributed by atoms with Crippen molar-refractivity contribution in [3.05, 3.63) is 24.3 Å². The van der Waals surface area contributed by atoms with Crippen LogP contribution in [0.5, 0.6) is 0 Å². The van der Waals surface area contributed by atoms with Crippen LogP contribution in [0, 0.1) is 0 Å². The zero-order valence-corrected chi connectivity index (χ0v) is 6.37. The number of esters is 1. The minimum atomic E-state index is -0.609. The van der Waals surface area contributed by atoms with E-state index < -0.39 is 5.97 Å². The molecule has 0 N–H and O–H groups in total. The maximum atomic E-state index is 10.7. The van der Waals surface area contributed by atoms with E-state index in [0.29, 0.717) is 12.0 Å². The van der Waals surface area contributed by atoms with Gasteiger partial charge in [0.1, 0.15) is 0 Å². The number of allylic oxidation sites excluding steroid dienone is 2. The van der Waals surface area contributed by atoms with Crippen LogP contribution in [0.15, 0.2) is 24.3 Å². The van der Waals surface area contributed by atoms with Gasteiger partial charge in [-0.15, -0.1) is 6.58 Å². The van der Waals surface area contributed by atoms with Crippen LogP contribution in [-0.4, -0.2) is 12.4 Å². The number of ether oxygens (including phenoxy) is 1. The molecule has 0 bridgehead atoms. The van der Waals surface area contributed by atoms with Gasteiger partial charge in [-0.3, -0.25) is 4.79 Å². The summed E-state index contributed by atoms with van der Waals surface area (Å²) in [5.74, 6) is -0.609. The van der Waals surface area contributed by atoms with Crippen molar-refractivity contribution >= 4 is 12.4 Å². The monoisotopic (exact) mass is 154 g/mol. The molecule has 0 aromatic rings. The van der Waals surface area contributed by atoms with Gasteiger partial charge < -0.3 is 4.74 Å². The van der Waals surface area contributed by atoms with E-state index in [9.17, 15) is 9.59 Å². The topological polar surface area (TPSA) is 43.4 Å². The molecule has 0 radical (unpaired) electrons. The lowest BCUT2D eigenvalue weighted by Crippen LogP contribution is -2.03. The van der Waals surface area contributed by atoms with Gasteiger partial charge in [-0.25, -0.2) is 4.79 Å². The first kappa shape index (κ1) is 9.62. The Bertz CT molecular complexity index is 192. The lowest BCUT2D eigenvalue weighted by Gasteiger charge is -1.94. The van der Waals surface area contributed by atoms with Crippen molar-refractivity contribution in [1.82, 2.24) is 0 Å². The van der Waals surface area contributed by atoms with Gasteiger partial charge in [0.2, 0.25) is 0 Å². The molecule has 0 saturated heterocycles. The lowest BCUT2D eigenvalue weighted by atomic mass is 10.2. The summed E-state index contributed by atoms with van der Waals surface area (Å²) in [5.41, 5.74) is 0.414. The van der Waals surface area contributed by atoms with Gasteiger partial charge in [0, 0.05) is 5.57 Å². The van der Waals surface area contributed by atoms with Crippen LogP contribution in [0.25, 0.3) is 0 Å². The fourth-order valence-corrected chi connectivity index (χ4v) is 0.480. The quantitative estimate of drug-likeness (QED) is 0.201. The van der Waals surface area contributed by atoms with Crippen LogP contribution in [0.3, 0.4) is 0 Å². The van der Waals surface area contributed by atoms with Crippen molar-refractivity contribution in [2.24, 2.45) is 0 Å². The molecule has 0 saturated carbocycles. The molecule has 3 heteroatoms. The number of hydrogen-bond acceptors (Lipinski definition) is 3. The molecule has 11 heavy (non-hydrogen) atoms. The summed E-state index contributed by atoms with van der Waals surface area (Å²) in [6, 6.07) is 0. The van der Waals surface area contributed by atoms with Crippen LogP contribution in [0.4, 0.5) is 0 Å². The van der Waals surface area contributed by atoms with Gasteiger partial charge >= 0.3 is 12.4 Å². The number of hydrogen-bond donors (Lipinski definition) is 0. The summed E-state index contributed by atoms with van der Waals surface area (Å²) in [4.78, 5) is 20.4. The normalized spacial score (nSPS) is 10.5. The first-order chi connectivity index (χ1) is 5.22. The van der Waals surface area contributed by atoms with E-state index in [4.69, 9.17) is 0 Å². The Balaban J connectivity index is 3.99. The van der Waals surface area contributed by atoms with Crippen molar-refractivity contribution in [2.75, 3.05) is 0 Å². The third kappa shape index (κ3) is 4.08. The van der Waals surface area contributed by atoms with E-state index in [2.05, 4.69) is 11.3 Å². The van der Waals surface area contributed by atoms with Gasteiger partial charge in [0.05, 0.1) is 0 Å². The molecule has 0 aliphatic heterocycles. The van der Waals surface area contributed by atoms with Crippen molar-refractivity contribution in [3.63, 3.8) is 0 Å². The lowest BCUT2D eigenvalue weighted by molar-refractivity contribution is -0.148. The molecule has 0 aliphatic carbocycles. The van der Waals surface area contributed by atoms with Gasteiger partial charge in [-0.2, -0.15) is 0 Å². The Morgan fingerprint density at radius 1 is 1.64 bits per heavy atom. The number of rotatable bonds is 4. The molecular weight excluding hydrogens is 144 g/mol. The van der Waals surface area contributed by atoms with E-state index in [0.717, 1.165) is 0 Å². The summed E-state index contributed by atoms with van der Waals surface area (Å²) in [6.07, 6.45) is 3.89. The first-order valence-electron chi connectivity index (χ1n) is 3.14. The predicted octanol–water partition coefficient (Wildman–Crippen LogP) is 1.21. The molecule has 0 atom stereocenters. The summed E-state index contributed by atoms with van der Waals surface area (Å²) in [7, 11) is 0. The fourth-order valence-electron chi connectivity index (χ4n) is 0.480. The highest BCUT2D eigenvalue weighted by atomic mass is 16.6. The van der Waals surface area contributed by atoms with Gasteiger partial charge in [0.25, 0.3) is 0 Å². The second-order valence-corrected chi connectivity index (χ2v) is 1.91. The summed E-state index contributed by atoms with van der Waals surface area (Å²) in [6.45, 7) is 5.17. The molecule has 3 nitrogen and oxygen atoms in total. The van der Waals surface area contributed by atoms with Crippen molar-refractivity contribution in [1.29, 1.82) is 0 Å². The average Bonchev–Trinajstić information content (AvgIpc) is 2.00. The van der Waals surface area contributed by atoms with Gasteiger partial charge in [-0.05, 0) is 13.3 Å². The Kier molecular flexibility index (Phi) is 4.73. The number of carbonyl (C=O) groups is 2. The van der Waals surface area contributed by atoms with E-state index in [1.807, 2.05) is 0 Å². The molecule has 0 unspecified atom stereocenters. The minimum absolute atomic E-state index is 0.119. The third-order valence-corrected chi connectivity index (χ3v) is 1.07. The molecule has 0 aromatic heterocycles. The Hall–Kier alpha value is -1.38. The zero-order chi connectivity index (χ0) is 8.69. The zero-order valence-electron chi connectivity index (χ0n) is 6.37. The van der Waals surface area contributed by atoms with Crippen molar-refractivity contribution in [3.8, 4) is 0 Å². The summed E-state index contributed by atoms with van der Waals surface area (Å²) >= 11 is 0. The number of carbonyl (C=O) groups excluding carboxylic acids is 2. The third-order valence-electron chi connectivity index (χ3n) is 1.07. The van der Waals surface area contributed by atoms with Crippen LogP contribution in [0.1, 0.15) is 13.3 Å². The SMILES string of the molecule is C=CCC=C(C)C(=O)OC=O. The minimum Gasteiger partial charge on any atom is -0.392 e. The van der Waals surface area contributed by atoms with E-state index in [-0.39, 0.29) is 6.47 Å². The largest absolute Gasteiger partial charge is 0.392 e. The van der Waals surface area contributed by atoms with Crippen LogP contribution in [-0.2, 0) is 14.3 Å². The molecule has 0 spiro atoms. The molecule has 0 aromatic carbocycles. The van der Waals surface area contributed by atoms with Crippen molar-refractivity contribution < 1.29 is 14.3 Å². The molecule has 60 valence electrons. The molecule has 0 fully saturated rings. The standard InChI is InChI=1S/C8H10O3/c1-3-4-5-7(2)8(10)11-6-9/h3,5-6H,1,4H2,2H3. The molecule has 0 rings (SSSR count). The highest BCUT2D eigenvalue weighted by Gasteiger charge is 2.02. The Morgan fingerprint density at radius 2 is 2.27 bits per heavy atom. The maximum Gasteiger partial charge on any atom is 0.340 e. The highest BCUT2D eigenvalue weighted by Crippen LogP contribution is 1.97. The van der Waals surface area contributed by atoms with Crippen LogP contribution >= 0.6 is 0 Å². The smallest absolute Gasteiger partial charge is 0.340 e. The van der Waals surface area contributed by atoms with Crippen LogP contribution in [0.2, 0.25) is 0 Å². The van der Waals surface area contributed by atoms with Gasteiger partial charge in [-0.1, -0.05) is 12.2 Å². The van der Waals surface area contributed by atoms with Gasteiger partial charge in [0.15, 0.2) is 0 Å². The summed E-state index contributed by atoms with van der Waals surface area (Å²) < 4.78 is 4.08. The Labute approximate surface area is 65.4 Å². The molecular formula is C8H10O3. The second-order valence-electron chi connectivity index (χ2n) is 1.91. The fraction of sp³-hybridized carbons (Fsp3) is 0.250. The summed E-state index contributed by atoms with van der Waals surface area (Å²) in [5, 5.41) is 0. The van der Waals surface area contributed by atoms with Crippen molar-refractivity contribution in [2.45, 2.75) is 13.3 Å². The maximum absolute atomic E-state index is 10.7. The van der Waals surface area contributed by atoms with Crippen LogP contribution < -0.4 is 0 Å². The predicted molar refractivity (Wildman–Crippen MR) is 40.7 cm³/mol. The molecule has 0 aliphatic rings. The van der Waals surface area contributed by atoms with E-state index in [1.165, 1.54) is 0 Å². The highest BCUT2D eigenvalue weighted by molar-refractivity contribution is 5.91. The molecule has 0 amide bonds. The van der Waals surface area contributed by atoms with E-state index in [1.54, 1.807) is 19.1 Å². The molecule has 0 heterocycles. The van der Waals surface area contributed by atoms with E-state index >= 15 is 0 Å².